The third-order valence-corrected chi connectivity index (χ3v) is 4.96. The molecule has 0 amide bonds. The van der Waals surface area contributed by atoms with Gasteiger partial charge in [0.25, 0.3) is 0 Å². The molecule has 5 heteroatoms. The Kier molecular flexibility index (Phi) is 7.33. The van der Waals surface area contributed by atoms with E-state index in [-0.39, 0.29) is 18.7 Å². The maximum Gasteiger partial charge on any atom is 0.321 e. The lowest BCUT2D eigenvalue weighted by molar-refractivity contribution is -0.139. The number of hydrogen-bond acceptors (Lipinski definition) is 4. The predicted molar refractivity (Wildman–Crippen MR) is 85.9 cm³/mol. The van der Waals surface area contributed by atoms with E-state index in [4.69, 9.17) is 5.11 Å². The second-order valence-corrected chi connectivity index (χ2v) is 6.85. The van der Waals surface area contributed by atoms with Gasteiger partial charge in [-0.15, -0.1) is 0 Å². The minimum absolute atomic E-state index is 0.0256. The lowest BCUT2D eigenvalue weighted by atomic mass is 9.91. The van der Waals surface area contributed by atoms with E-state index in [0.717, 1.165) is 12.1 Å². The number of nitrogens with one attached hydrogen (secondary N) is 2. The summed E-state index contributed by atoms with van der Waals surface area (Å²) in [6, 6.07) is 1.10. The first-order chi connectivity index (χ1) is 10.6. The fraction of sp³-hybridized carbons (Fsp3) is 0.882. The molecule has 126 valence electrons. The second kappa shape index (κ2) is 9.26. The van der Waals surface area contributed by atoms with E-state index in [2.05, 4.69) is 10.6 Å². The van der Waals surface area contributed by atoms with Crippen molar-refractivity contribution in [3.05, 3.63) is 0 Å². The zero-order valence-electron chi connectivity index (χ0n) is 13.5. The van der Waals surface area contributed by atoms with Gasteiger partial charge in [-0.3, -0.25) is 14.9 Å². The number of carboxylic acid groups (broad SMARTS) is 1. The zero-order valence-corrected chi connectivity index (χ0v) is 13.5. The van der Waals surface area contributed by atoms with Crippen LogP contribution >= 0.6 is 0 Å². The first-order valence-corrected chi connectivity index (χ1v) is 8.89. The highest BCUT2D eigenvalue weighted by atomic mass is 16.4. The summed E-state index contributed by atoms with van der Waals surface area (Å²) in [5, 5.41) is 14.7. The molecule has 1 aliphatic heterocycles. The molecule has 1 atom stereocenters. The van der Waals surface area contributed by atoms with Gasteiger partial charge in [0, 0.05) is 18.5 Å². The first-order valence-electron chi connectivity index (χ1n) is 8.89. The van der Waals surface area contributed by atoms with Gasteiger partial charge in [-0.05, 0) is 25.7 Å². The molecular formula is C17H30N2O3. The molecule has 1 heterocycles. The van der Waals surface area contributed by atoms with E-state index in [1.807, 2.05) is 0 Å². The summed E-state index contributed by atoms with van der Waals surface area (Å²) < 4.78 is 0. The summed E-state index contributed by atoms with van der Waals surface area (Å²) in [6.07, 6.45) is 14.7. The number of carboxylic acids is 1. The van der Waals surface area contributed by atoms with Gasteiger partial charge >= 0.3 is 5.97 Å². The maximum absolute atomic E-state index is 10.4. The van der Waals surface area contributed by atoms with Crippen LogP contribution in [-0.4, -0.2) is 41.5 Å². The number of carbonyl (C=O) groups excluding carboxylic acids is 1. The first kappa shape index (κ1) is 17.4. The topological polar surface area (TPSA) is 78.4 Å². The molecule has 5 nitrogen and oxygen atoms in total. The summed E-state index contributed by atoms with van der Waals surface area (Å²) in [5.41, 5.74) is 0. The van der Waals surface area contributed by atoms with Crippen LogP contribution in [0, 0.1) is 0 Å². The van der Waals surface area contributed by atoms with Crippen LogP contribution in [0.1, 0.15) is 70.6 Å². The number of aliphatic carboxylic acids is 1. The summed E-state index contributed by atoms with van der Waals surface area (Å²) in [4.78, 5) is 20.6. The van der Waals surface area contributed by atoms with Crippen LogP contribution in [0.25, 0.3) is 0 Å². The molecule has 3 fully saturated rings. The van der Waals surface area contributed by atoms with Gasteiger partial charge in [0.15, 0.2) is 0 Å². The van der Waals surface area contributed by atoms with E-state index < -0.39 is 12.0 Å². The van der Waals surface area contributed by atoms with Crippen molar-refractivity contribution in [2.24, 2.45) is 0 Å². The zero-order chi connectivity index (χ0) is 15.8. The van der Waals surface area contributed by atoms with Gasteiger partial charge < -0.3 is 10.4 Å². The Morgan fingerprint density at radius 3 is 1.77 bits per heavy atom. The minimum Gasteiger partial charge on any atom is -0.480 e. The van der Waals surface area contributed by atoms with Gasteiger partial charge in [-0.1, -0.05) is 38.5 Å². The van der Waals surface area contributed by atoms with E-state index >= 15 is 0 Å². The normalized spacial score (nSPS) is 27.3. The Morgan fingerprint density at radius 2 is 1.45 bits per heavy atom. The van der Waals surface area contributed by atoms with Gasteiger partial charge in [0.2, 0.25) is 0 Å². The van der Waals surface area contributed by atoms with Gasteiger partial charge in [0.1, 0.15) is 11.8 Å². The third kappa shape index (κ3) is 6.05. The summed E-state index contributed by atoms with van der Waals surface area (Å²) in [7, 11) is 0. The standard InChI is InChI=1S/C12H23N.C5H7NO3/c1-3-7-11(8-4-1)13-12-9-5-2-6-10-12;7-3-1-4(5(8)9)6-2-3/h11-13H,1-10H2;4,6H,1-2H2,(H,8,9)/t;4-/m.0/s1. The van der Waals surface area contributed by atoms with Gasteiger partial charge in [-0.2, -0.15) is 0 Å². The fourth-order valence-corrected chi connectivity index (χ4v) is 3.66. The minimum atomic E-state index is -0.944. The molecule has 0 bridgehead atoms. The maximum atomic E-state index is 10.4. The number of carbonyl (C=O) groups is 2. The van der Waals surface area contributed by atoms with Gasteiger partial charge in [-0.25, -0.2) is 0 Å². The van der Waals surface area contributed by atoms with Crippen molar-refractivity contribution in [1.29, 1.82) is 0 Å². The Bertz CT molecular complexity index is 345. The number of Topliss-reactive ketones (excluding diaryl/α,β-unsaturated/α-hetero) is 1. The van der Waals surface area contributed by atoms with Gasteiger partial charge in [0.05, 0.1) is 6.54 Å². The van der Waals surface area contributed by atoms with E-state index in [1.165, 1.54) is 64.2 Å². The van der Waals surface area contributed by atoms with E-state index in [1.54, 1.807) is 0 Å². The Morgan fingerprint density at radius 1 is 0.955 bits per heavy atom. The van der Waals surface area contributed by atoms with Crippen LogP contribution in [0.4, 0.5) is 0 Å². The summed E-state index contributed by atoms with van der Waals surface area (Å²) in [5.74, 6) is -0.969. The molecule has 1 saturated heterocycles. The Balaban J connectivity index is 0.000000172. The van der Waals surface area contributed by atoms with E-state index in [0.29, 0.717) is 0 Å². The third-order valence-electron chi connectivity index (χ3n) is 4.96. The summed E-state index contributed by atoms with van der Waals surface area (Å²) >= 11 is 0. The molecule has 3 aliphatic rings. The van der Waals surface area contributed by atoms with Crippen molar-refractivity contribution in [3.63, 3.8) is 0 Å². The highest BCUT2D eigenvalue weighted by Gasteiger charge is 2.26. The molecule has 2 aliphatic carbocycles. The lowest BCUT2D eigenvalue weighted by Crippen LogP contribution is -2.40. The SMILES string of the molecule is C1CCC(NC2CCCCC2)CC1.O=C1CN[C@H](C(=O)O)C1. The van der Waals surface area contributed by atoms with Crippen LogP contribution in [-0.2, 0) is 9.59 Å². The van der Waals surface area contributed by atoms with Crippen molar-refractivity contribution in [2.75, 3.05) is 6.54 Å². The molecule has 3 N–H and O–H groups in total. The largest absolute Gasteiger partial charge is 0.480 e. The summed E-state index contributed by atoms with van der Waals surface area (Å²) in [6.45, 7) is 0.205. The molecule has 3 rings (SSSR count). The molecule has 22 heavy (non-hydrogen) atoms. The van der Waals surface area contributed by atoms with Crippen LogP contribution in [0.15, 0.2) is 0 Å². The number of rotatable bonds is 3. The molecule has 0 aromatic heterocycles. The Labute approximate surface area is 133 Å². The van der Waals surface area contributed by atoms with Crippen molar-refractivity contribution in [2.45, 2.75) is 88.8 Å². The van der Waals surface area contributed by atoms with Crippen molar-refractivity contribution in [3.8, 4) is 0 Å². The average molecular weight is 310 g/mol. The highest BCUT2D eigenvalue weighted by Crippen LogP contribution is 2.22. The van der Waals surface area contributed by atoms with Crippen LogP contribution < -0.4 is 10.6 Å². The van der Waals surface area contributed by atoms with Crippen LogP contribution in [0.2, 0.25) is 0 Å². The highest BCUT2D eigenvalue weighted by molar-refractivity contribution is 5.90. The molecule has 0 aromatic rings. The lowest BCUT2D eigenvalue weighted by Gasteiger charge is -2.30. The van der Waals surface area contributed by atoms with Crippen LogP contribution in [0.5, 0.6) is 0 Å². The monoisotopic (exact) mass is 310 g/mol. The smallest absolute Gasteiger partial charge is 0.321 e. The number of ketones is 1. The molecule has 2 saturated carbocycles. The quantitative estimate of drug-likeness (QED) is 0.745. The van der Waals surface area contributed by atoms with Crippen molar-refractivity contribution < 1.29 is 14.7 Å². The van der Waals surface area contributed by atoms with E-state index in [9.17, 15) is 9.59 Å². The van der Waals surface area contributed by atoms with Crippen molar-refractivity contribution in [1.82, 2.24) is 10.6 Å². The molecule has 0 spiro atoms. The molecule has 0 aromatic carbocycles. The predicted octanol–water partition coefficient (Wildman–Crippen LogP) is 2.24. The fourth-order valence-electron chi connectivity index (χ4n) is 3.66. The Hall–Kier alpha value is -0.940. The second-order valence-electron chi connectivity index (χ2n) is 6.85. The molecule has 0 radical (unpaired) electrons. The average Bonchev–Trinajstić information content (AvgIpc) is 2.97. The van der Waals surface area contributed by atoms with Crippen molar-refractivity contribution >= 4 is 11.8 Å². The van der Waals surface area contributed by atoms with Crippen LogP contribution in [0.3, 0.4) is 0 Å². The molecular weight excluding hydrogens is 280 g/mol. The molecule has 0 unspecified atom stereocenters. The number of hydrogen-bond donors (Lipinski definition) is 3.